The molecule has 12 heavy (non-hydrogen) atoms. The molecule has 4 nitrogen and oxygen atoms in total. The zero-order valence-corrected chi connectivity index (χ0v) is 6.71. The third-order valence-corrected chi connectivity index (χ3v) is 1.11. The highest BCUT2D eigenvalue weighted by molar-refractivity contribution is 5.85. The highest BCUT2D eigenvalue weighted by Gasteiger charge is 2.01. The average Bonchev–Trinajstić information content (AvgIpc) is 2.05. The molecule has 62 valence electrons. The van der Waals surface area contributed by atoms with Gasteiger partial charge in [-0.2, -0.15) is 5.26 Å². The maximum absolute atomic E-state index is 10.3. The van der Waals surface area contributed by atoms with Crippen molar-refractivity contribution in [3.63, 3.8) is 0 Å². The number of hydrogen-bond acceptors (Lipinski definition) is 3. The minimum Gasteiger partial charge on any atom is -0.477 e. The van der Waals surface area contributed by atoms with Gasteiger partial charge in [-0.05, 0) is 12.1 Å². The summed E-state index contributed by atoms with van der Waals surface area (Å²) in [7, 11) is 0. The molecule has 0 saturated heterocycles. The predicted molar refractivity (Wildman–Crippen MR) is 43.2 cm³/mol. The van der Waals surface area contributed by atoms with Crippen LogP contribution in [-0.2, 0) is 0 Å². The minimum absolute atomic E-state index is 0. The molecule has 0 amide bonds. The van der Waals surface area contributed by atoms with Crippen LogP contribution in [0.2, 0.25) is 0 Å². The zero-order chi connectivity index (χ0) is 8.27. The molecule has 0 bridgehead atoms. The number of halogens is 1. The Balaban J connectivity index is 0.00000121. The van der Waals surface area contributed by atoms with Gasteiger partial charge in [0.25, 0.3) is 0 Å². The van der Waals surface area contributed by atoms with Crippen molar-refractivity contribution in [3.8, 4) is 6.07 Å². The zero-order valence-electron chi connectivity index (χ0n) is 5.89. The van der Waals surface area contributed by atoms with E-state index >= 15 is 0 Å². The van der Waals surface area contributed by atoms with Crippen LogP contribution in [0.5, 0.6) is 0 Å². The molecular weight excluding hydrogens is 180 g/mol. The number of carboxylic acids is 1. The second-order valence-electron chi connectivity index (χ2n) is 1.85. The van der Waals surface area contributed by atoms with Crippen LogP contribution in [0.25, 0.3) is 0 Å². The summed E-state index contributed by atoms with van der Waals surface area (Å²) in [5, 5.41) is 16.7. The Morgan fingerprint density at radius 2 is 2.25 bits per heavy atom. The predicted octanol–water partition coefficient (Wildman–Crippen LogP) is 1.07. The van der Waals surface area contributed by atoms with Crippen molar-refractivity contribution in [2.45, 2.75) is 0 Å². The van der Waals surface area contributed by atoms with Gasteiger partial charge in [0.1, 0.15) is 11.8 Å². The Labute approximate surface area is 74.9 Å². The lowest BCUT2D eigenvalue weighted by Crippen LogP contribution is -1.98. The van der Waals surface area contributed by atoms with Crippen molar-refractivity contribution >= 4 is 18.4 Å². The molecule has 0 spiro atoms. The number of aromatic nitrogens is 1. The lowest BCUT2D eigenvalue weighted by atomic mass is 10.3. The second kappa shape index (κ2) is 4.31. The van der Waals surface area contributed by atoms with Gasteiger partial charge < -0.3 is 5.11 Å². The summed E-state index contributed by atoms with van der Waals surface area (Å²) in [5.74, 6) is -1.09. The molecule has 0 aliphatic rings. The van der Waals surface area contributed by atoms with Gasteiger partial charge in [-0.15, -0.1) is 12.4 Å². The van der Waals surface area contributed by atoms with Crippen LogP contribution < -0.4 is 0 Å². The lowest BCUT2D eigenvalue weighted by molar-refractivity contribution is 0.0690. The lowest BCUT2D eigenvalue weighted by Gasteiger charge is -1.90. The fourth-order valence-corrected chi connectivity index (χ4v) is 0.587. The van der Waals surface area contributed by atoms with Gasteiger partial charge in [-0.1, -0.05) is 0 Å². The van der Waals surface area contributed by atoms with Crippen LogP contribution >= 0.6 is 12.4 Å². The van der Waals surface area contributed by atoms with Crippen molar-refractivity contribution in [2.24, 2.45) is 0 Å². The summed E-state index contributed by atoms with van der Waals surface area (Å²) in [4.78, 5) is 13.8. The highest BCUT2D eigenvalue weighted by atomic mass is 35.5. The maximum atomic E-state index is 10.3. The first-order valence-corrected chi connectivity index (χ1v) is 2.83. The molecule has 0 saturated carbocycles. The third-order valence-electron chi connectivity index (χ3n) is 1.11. The van der Waals surface area contributed by atoms with Crippen molar-refractivity contribution in [3.05, 3.63) is 29.6 Å². The molecule has 1 aromatic rings. The Morgan fingerprint density at radius 1 is 1.58 bits per heavy atom. The van der Waals surface area contributed by atoms with Gasteiger partial charge in [-0.3, -0.25) is 0 Å². The van der Waals surface area contributed by atoms with Crippen LogP contribution in [0.3, 0.4) is 0 Å². The number of pyridine rings is 1. The molecule has 0 aliphatic heterocycles. The third kappa shape index (κ3) is 2.22. The van der Waals surface area contributed by atoms with E-state index in [2.05, 4.69) is 4.98 Å². The topological polar surface area (TPSA) is 74.0 Å². The molecule has 0 aromatic carbocycles. The van der Waals surface area contributed by atoms with Crippen molar-refractivity contribution in [1.29, 1.82) is 5.26 Å². The van der Waals surface area contributed by atoms with Gasteiger partial charge in [0.05, 0.1) is 5.56 Å². The number of carbonyl (C=O) groups is 1. The number of nitrogens with zero attached hydrogens (tertiary/aromatic N) is 2. The Kier molecular flexibility index (Phi) is 3.74. The molecule has 0 fully saturated rings. The van der Waals surface area contributed by atoms with Crippen molar-refractivity contribution < 1.29 is 9.90 Å². The molecule has 0 radical (unpaired) electrons. The number of hydrogen-bond donors (Lipinski definition) is 1. The summed E-state index contributed by atoms with van der Waals surface area (Å²) in [5.41, 5.74) is 0.305. The van der Waals surface area contributed by atoms with Crippen LogP contribution in [0.4, 0.5) is 0 Å². The van der Waals surface area contributed by atoms with Gasteiger partial charge in [0, 0.05) is 6.20 Å². The number of rotatable bonds is 1. The SMILES string of the molecule is Cl.N#Cc1ccc(C(=O)O)nc1. The molecule has 5 heteroatoms. The summed E-state index contributed by atoms with van der Waals surface area (Å²) < 4.78 is 0. The summed E-state index contributed by atoms with van der Waals surface area (Å²) in [6, 6.07) is 4.54. The van der Waals surface area contributed by atoms with E-state index in [1.807, 2.05) is 6.07 Å². The van der Waals surface area contributed by atoms with E-state index in [1.165, 1.54) is 18.3 Å². The first kappa shape index (κ1) is 10.4. The molecule has 0 unspecified atom stereocenters. The Morgan fingerprint density at radius 3 is 2.58 bits per heavy atom. The van der Waals surface area contributed by atoms with Gasteiger partial charge in [-0.25, -0.2) is 9.78 Å². The molecule has 1 aromatic heterocycles. The smallest absolute Gasteiger partial charge is 0.354 e. The summed E-state index contributed by atoms with van der Waals surface area (Å²) in [6.45, 7) is 0. The van der Waals surface area contributed by atoms with E-state index in [9.17, 15) is 4.79 Å². The largest absolute Gasteiger partial charge is 0.477 e. The average molecular weight is 185 g/mol. The Bertz CT molecular complexity index is 315. The van der Waals surface area contributed by atoms with Gasteiger partial charge >= 0.3 is 5.97 Å². The highest BCUT2D eigenvalue weighted by Crippen LogP contribution is 1.97. The summed E-state index contributed by atoms with van der Waals surface area (Å²) in [6.07, 6.45) is 1.23. The molecule has 0 aliphatic carbocycles. The van der Waals surface area contributed by atoms with E-state index in [0.29, 0.717) is 5.56 Å². The van der Waals surface area contributed by atoms with Crippen molar-refractivity contribution in [2.75, 3.05) is 0 Å². The minimum atomic E-state index is -1.09. The van der Waals surface area contributed by atoms with E-state index in [1.54, 1.807) is 0 Å². The molecular formula is C7H5ClN2O2. The van der Waals surface area contributed by atoms with E-state index in [4.69, 9.17) is 10.4 Å². The first-order valence-electron chi connectivity index (χ1n) is 2.83. The molecule has 1 heterocycles. The monoisotopic (exact) mass is 184 g/mol. The maximum Gasteiger partial charge on any atom is 0.354 e. The summed E-state index contributed by atoms with van der Waals surface area (Å²) >= 11 is 0. The van der Waals surface area contributed by atoms with E-state index in [0.717, 1.165) is 0 Å². The fraction of sp³-hybridized carbons (Fsp3) is 0. The van der Waals surface area contributed by atoms with Gasteiger partial charge in [0.2, 0.25) is 0 Å². The second-order valence-corrected chi connectivity index (χ2v) is 1.85. The van der Waals surface area contributed by atoms with Crippen LogP contribution in [-0.4, -0.2) is 16.1 Å². The molecule has 1 N–H and O–H groups in total. The van der Waals surface area contributed by atoms with Crippen LogP contribution in [0, 0.1) is 11.3 Å². The fourth-order valence-electron chi connectivity index (χ4n) is 0.587. The molecule has 0 atom stereocenters. The standard InChI is InChI=1S/C7H4N2O2.ClH/c8-3-5-1-2-6(7(10)11)9-4-5;/h1-2,4H,(H,10,11);1H. The normalized spacial score (nSPS) is 7.92. The van der Waals surface area contributed by atoms with Gasteiger partial charge in [0.15, 0.2) is 0 Å². The first-order chi connectivity index (χ1) is 5.24. The quantitative estimate of drug-likeness (QED) is 0.709. The molecule has 1 rings (SSSR count). The van der Waals surface area contributed by atoms with Crippen LogP contribution in [0.15, 0.2) is 18.3 Å². The van der Waals surface area contributed by atoms with Crippen molar-refractivity contribution in [1.82, 2.24) is 4.98 Å². The number of aromatic carboxylic acids is 1. The van der Waals surface area contributed by atoms with E-state index < -0.39 is 5.97 Å². The Hall–Kier alpha value is -1.60. The van der Waals surface area contributed by atoms with E-state index in [-0.39, 0.29) is 18.1 Å². The van der Waals surface area contributed by atoms with Crippen LogP contribution in [0.1, 0.15) is 16.1 Å². The number of carboxylic acid groups (broad SMARTS) is 1. The number of nitriles is 1.